The fourth-order valence-electron chi connectivity index (χ4n) is 2.38. The van der Waals surface area contributed by atoms with Gasteiger partial charge in [0.15, 0.2) is 0 Å². The van der Waals surface area contributed by atoms with Gasteiger partial charge in [-0.15, -0.1) is 0 Å². The Labute approximate surface area is 135 Å². The van der Waals surface area contributed by atoms with Gasteiger partial charge in [0.1, 0.15) is 0 Å². The number of rotatable bonds is 9. The van der Waals surface area contributed by atoms with E-state index in [-0.39, 0.29) is 0 Å². The summed E-state index contributed by atoms with van der Waals surface area (Å²) in [4.78, 5) is 2.50. The molecular formula is C18H31ClN2. The van der Waals surface area contributed by atoms with E-state index in [1.165, 1.54) is 24.1 Å². The maximum Gasteiger partial charge on any atom is 0.0426 e. The van der Waals surface area contributed by atoms with Crippen LogP contribution in [0, 0.1) is 11.8 Å². The molecule has 0 saturated heterocycles. The van der Waals surface area contributed by atoms with Crippen LogP contribution in [0.25, 0.3) is 0 Å². The van der Waals surface area contributed by atoms with Crippen molar-refractivity contribution in [1.82, 2.24) is 0 Å². The lowest BCUT2D eigenvalue weighted by Crippen LogP contribution is -2.28. The SMILES string of the molecule is CC(C)CCN(CCC(C)C)c1cc(Cl)ccc1CCN. The number of hydrogen-bond donors (Lipinski definition) is 1. The van der Waals surface area contributed by atoms with E-state index in [1.807, 2.05) is 6.07 Å². The Kier molecular flexibility index (Phi) is 8.13. The molecule has 1 aromatic carbocycles. The summed E-state index contributed by atoms with van der Waals surface area (Å²) in [5.41, 5.74) is 8.35. The van der Waals surface area contributed by atoms with Gasteiger partial charge < -0.3 is 10.6 Å². The summed E-state index contributed by atoms with van der Waals surface area (Å²) in [6, 6.07) is 6.20. The van der Waals surface area contributed by atoms with Gasteiger partial charge in [0, 0.05) is 23.8 Å². The maximum atomic E-state index is 6.23. The van der Waals surface area contributed by atoms with Crippen LogP contribution in [-0.4, -0.2) is 19.6 Å². The van der Waals surface area contributed by atoms with Crippen molar-refractivity contribution in [3.63, 3.8) is 0 Å². The first-order chi connectivity index (χ1) is 9.93. The van der Waals surface area contributed by atoms with E-state index in [9.17, 15) is 0 Å². The molecule has 2 nitrogen and oxygen atoms in total. The molecule has 3 heteroatoms. The van der Waals surface area contributed by atoms with Gasteiger partial charge in [-0.3, -0.25) is 0 Å². The smallest absolute Gasteiger partial charge is 0.0426 e. The van der Waals surface area contributed by atoms with E-state index in [0.29, 0.717) is 18.4 Å². The van der Waals surface area contributed by atoms with Gasteiger partial charge in [0.05, 0.1) is 0 Å². The molecule has 2 N–H and O–H groups in total. The number of nitrogens with two attached hydrogens (primary N) is 1. The predicted molar refractivity (Wildman–Crippen MR) is 95.3 cm³/mol. The largest absolute Gasteiger partial charge is 0.371 e. The number of anilines is 1. The van der Waals surface area contributed by atoms with Crippen LogP contribution in [0.5, 0.6) is 0 Å². The second-order valence-corrected chi connectivity index (χ2v) is 7.10. The highest BCUT2D eigenvalue weighted by molar-refractivity contribution is 6.30. The van der Waals surface area contributed by atoms with E-state index < -0.39 is 0 Å². The number of nitrogens with zero attached hydrogens (tertiary/aromatic N) is 1. The first-order valence-electron chi connectivity index (χ1n) is 8.17. The highest BCUT2D eigenvalue weighted by atomic mass is 35.5. The lowest BCUT2D eigenvalue weighted by atomic mass is 10.0. The van der Waals surface area contributed by atoms with Crippen LogP contribution >= 0.6 is 11.6 Å². The molecule has 0 radical (unpaired) electrons. The van der Waals surface area contributed by atoms with Crippen molar-refractivity contribution < 1.29 is 0 Å². The second kappa shape index (κ2) is 9.32. The van der Waals surface area contributed by atoms with Gasteiger partial charge in [-0.2, -0.15) is 0 Å². The van der Waals surface area contributed by atoms with Crippen molar-refractivity contribution in [3.05, 3.63) is 28.8 Å². The molecule has 0 fully saturated rings. The normalized spacial score (nSPS) is 11.4. The van der Waals surface area contributed by atoms with Gasteiger partial charge in [-0.05, 0) is 55.3 Å². The van der Waals surface area contributed by atoms with Crippen molar-refractivity contribution in [2.24, 2.45) is 17.6 Å². The zero-order chi connectivity index (χ0) is 15.8. The van der Waals surface area contributed by atoms with Gasteiger partial charge in [0.25, 0.3) is 0 Å². The van der Waals surface area contributed by atoms with Crippen LogP contribution in [0.2, 0.25) is 5.02 Å². The number of halogens is 1. The quantitative estimate of drug-likeness (QED) is 0.714. The molecule has 0 aromatic heterocycles. The standard InChI is InChI=1S/C18H31ClN2/c1-14(2)8-11-21(12-9-15(3)4)18-13-17(19)6-5-16(18)7-10-20/h5-6,13-15H,7-12,20H2,1-4H3. The zero-order valence-corrected chi connectivity index (χ0v) is 14.8. The fraction of sp³-hybridized carbons (Fsp3) is 0.667. The summed E-state index contributed by atoms with van der Waals surface area (Å²) in [7, 11) is 0. The predicted octanol–water partition coefficient (Wildman–Crippen LogP) is 4.74. The molecule has 21 heavy (non-hydrogen) atoms. The summed E-state index contributed by atoms with van der Waals surface area (Å²) in [6.45, 7) is 12.0. The molecule has 0 amide bonds. The summed E-state index contributed by atoms with van der Waals surface area (Å²) < 4.78 is 0. The van der Waals surface area contributed by atoms with E-state index >= 15 is 0 Å². The minimum atomic E-state index is 0.677. The first kappa shape index (κ1) is 18.3. The van der Waals surface area contributed by atoms with Crippen molar-refractivity contribution in [3.8, 4) is 0 Å². The molecule has 0 aliphatic carbocycles. The number of hydrogen-bond acceptors (Lipinski definition) is 2. The van der Waals surface area contributed by atoms with Gasteiger partial charge in [-0.25, -0.2) is 0 Å². The Morgan fingerprint density at radius 1 is 1.05 bits per heavy atom. The van der Waals surface area contributed by atoms with Crippen molar-refractivity contribution in [2.75, 3.05) is 24.5 Å². The highest BCUT2D eigenvalue weighted by Gasteiger charge is 2.13. The van der Waals surface area contributed by atoms with Crippen LogP contribution in [0.3, 0.4) is 0 Å². The van der Waals surface area contributed by atoms with Gasteiger partial charge in [-0.1, -0.05) is 45.4 Å². The van der Waals surface area contributed by atoms with Crippen LogP contribution in [0.15, 0.2) is 18.2 Å². The molecule has 0 aliphatic rings. The summed E-state index contributed by atoms with van der Waals surface area (Å²) in [5, 5.41) is 0.810. The minimum Gasteiger partial charge on any atom is -0.371 e. The lowest BCUT2D eigenvalue weighted by Gasteiger charge is -2.29. The molecule has 0 atom stereocenters. The van der Waals surface area contributed by atoms with E-state index in [0.717, 1.165) is 24.5 Å². The molecule has 120 valence electrons. The number of benzene rings is 1. The van der Waals surface area contributed by atoms with Crippen molar-refractivity contribution in [1.29, 1.82) is 0 Å². The molecule has 0 saturated carbocycles. The van der Waals surface area contributed by atoms with Crippen molar-refractivity contribution in [2.45, 2.75) is 47.0 Å². The maximum absolute atomic E-state index is 6.23. The third-order valence-corrected chi connectivity index (χ3v) is 3.99. The van der Waals surface area contributed by atoms with E-state index in [1.54, 1.807) is 0 Å². The monoisotopic (exact) mass is 310 g/mol. The van der Waals surface area contributed by atoms with E-state index in [4.69, 9.17) is 17.3 Å². The first-order valence-corrected chi connectivity index (χ1v) is 8.55. The highest BCUT2D eigenvalue weighted by Crippen LogP contribution is 2.27. The summed E-state index contributed by atoms with van der Waals surface area (Å²) >= 11 is 6.23. The molecule has 1 aromatic rings. The molecule has 0 bridgehead atoms. The molecule has 0 unspecified atom stereocenters. The Bertz CT molecular complexity index is 404. The van der Waals surface area contributed by atoms with Gasteiger partial charge in [0.2, 0.25) is 0 Å². The third-order valence-electron chi connectivity index (χ3n) is 3.75. The average molecular weight is 311 g/mol. The molecule has 0 aliphatic heterocycles. The summed E-state index contributed by atoms with van der Waals surface area (Å²) in [5.74, 6) is 1.42. The molecule has 1 rings (SSSR count). The third kappa shape index (κ3) is 6.71. The molecule has 0 heterocycles. The average Bonchev–Trinajstić information content (AvgIpc) is 2.41. The Balaban J connectivity index is 2.95. The topological polar surface area (TPSA) is 29.3 Å². The van der Waals surface area contributed by atoms with E-state index in [2.05, 4.69) is 44.7 Å². The Hall–Kier alpha value is -0.730. The van der Waals surface area contributed by atoms with Crippen LogP contribution < -0.4 is 10.6 Å². The van der Waals surface area contributed by atoms with Crippen molar-refractivity contribution >= 4 is 17.3 Å². The zero-order valence-electron chi connectivity index (χ0n) is 14.0. The second-order valence-electron chi connectivity index (χ2n) is 6.66. The lowest BCUT2D eigenvalue weighted by molar-refractivity contribution is 0.534. The molecular weight excluding hydrogens is 280 g/mol. The van der Waals surface area contributed by atoms with Crippen LogP contribution in [0.4, 0.5) is 5.69 Å². The summed E-state index contributed by atoms with van der Waals surface area (Å²) in [6.07, 6.45) is 3.31. The molecule has 0 spiro atoms. The van der Waals surface area contributed by atoms with Crippen LogP contribution in [-0.2, 0) is 6.42 Å². The van der Waals surface area contributed by atoms with Crippen LogP contribution in [0.1, 0.15) is 46.1 Å². The Morgan fingerprint density at radius 3 is 2.10 bits per heavy atom. The fourth-order valence-corrected chi connectivity index (χ4v) is 2.55. The Morgan fingerprint density at radius 2 is 1.62 bits per heavy atom. The minimum absolute atomic E-state index is 0.677. The van der Waals surface area contributed by atoms with Gasteiger partial charge >= 0.3 is 0 Å².